The molecule has 1 aliphatic heterocycles. The van der Waals surface area contributed by atoms with Gasteiger partial charge in [-0.05, 0) is 30.7 Å². The smallest absolute Gasteiger partial charge is 0.223 e. The van der Waals surface area contributed by atoms with Crippen molar-refractivity contribution in [3.63, 3.8) is 0 Å². The van der Waals surface area contributed by atoms with E-state index >= 15 is 0 Å². The van der Waals surface area contributed by atoms with E-state index in [1.165, 1.54) is 37.7 Å². The van der Waals surface area contributed by atoms with Crippen LogP contribution in [0.15, 0.2) is 35.3 Å². The number of guanidine groups is 1. The first-order valence-electron chi connectivity index (χ1n) is 12.2. The lowest BCUT2D eigenvalue weighted by Crippen LogP contribution is -2.43. The third-order valence-corrected chi connectivity index (χ3v) is 6.53. The average molecular weight is 442 g/mol. The number of rotatable bonds is 10. The zero-order valence-corrected chi connectivity index (χ0v) is 19.4. The fourth-order valence-corrected chi connectivity index (χ4v) is 4.69. The highest BCUT2D eigenvalue weighted by atomic mass is 16.2. The van der Waals surface area contributed by atoms with Gasteiger partial charge in [0.05, 0.1) is 0 Å². The summed E-state index contributed by atoms with van der Waals surface area (Å²) in [6.07, 6.45) is 8.35. The van der Waals surface area contributed by atoms with E-state index < -0.39 is 0 Å². The second-order valence-corrected chi connectivity index (χ2v) is 9.08. The van der Waals surface area contributed by atoms with Crippen molar-refractivity contribution in [2.75, 3.05) is 39.8 Å². The molecular weight excluding hydrogens is 402 g/mol. The van der Waals surface area contributed by atoms with Crippen molar-refractivity contribution in [3.05, 3.63) is 35.9 Å². The quantitative estimate of drug-likeness (QED) is 0.296. The molecule has 1 saturated heterocycles. The highest BCUT2D eigenvalue weighted by Gasteiger charge is 2.29. The molecule has 176 valence electrons. The van der Waals surface area contributed by atoms with E-state index in [0.29, 0.717) is 44.4 Å². The number of hydrogen-bond acceptors (Lipinski definition) is 3. The second kappa shape index (κ2) is 13.1. The van der Waals surface area contributed by atoms with Crippen LogP contribution in [0.1, 0.15) is 50.5 Å². The van der Waals surface area contributed by atoms with Crippen LogP contribution in [0.5, 0.6) is 0 Å². The lowest BCUT2D eigenvalue weighted by Gasteiger charge is -2.21. The van der Waals surface area contributed by atoms with Crippen LogP contribution in [0.3, 0.4) is 0 Å². The van der Waals surface area contributed by atoms with Crippen molar-refractivity contribution in [2.45, 2.75) is 51.4 Å². The number of nitrogens with zero attached hydrogens (tertiary/aromatic N) is 2. The average Bonchev–Trinajstić information content (AvgIpc) is 3.18. The summed E-state index contributed by atoms with van der Waals surface area (Å²) in [6.45, 7) is 3.48. The van der Waals surface area contributed by atoms with Crippen LogP contribution in [0.4, 0.5) is 0 Å². The van der Waals surface area contributed by atoms with E-state index in [4.69, 9.17) is 0 Å². The zero-order valence-electron chi connectivity index (χ0n) is 19.4. The Kier molecular flexibility index (Phi) is 9.85. The predicted octanol–water partition coefficient (Wildman–Crippen LogP) is 2.33. The van der Waals surface area contributed by atoms with E-state index in [1.807, 2.05) is 23.1 Å². The summed E-state index contributed by atoms with van der Waals surface area (Å²) < 4.78 is 0. The SMILES string of the molecule is CN=C(NCCNC(=O)CC1CCCCC1)NCC1CC(=O)N(CCc2ccccc2)C1. The van der Waals surface area contributed by atoms with Gasteiger partial charge in [0.15, 0.2) is 5.96 Å². The zero-order chi connectivity index (χ0) is 22.6. The number of benzene rings is 1. The Labute approximate surface area is 192 Å². The molecule has 2 fully saturated rings. The molecule has 0 aromatic heterocycles. The summed E-state index contributed by atoms with van der Waals surface area (Å²) in [4.78, 5) is 30.7. The Balaban J connectivity index is 1.28. The molecule has 3 rings (SSSR count). The molecule has 1 unspecified atom stereocenters. The molecular formula is C25H39N5O2. The standard InChI is InChI=1S/C25H39N5O2/c1-26-25(28-14-13-27-23(31)16-21-10-6-3-7-11-21)29-18-22-17-24(32)30(19-22)15-12-20-8-4-2-5-9-20/h2,4-5,8-9,21-22H,3,6-7,10-19H2,1H3,(H,27,31)(H2,26,28,29). The van der Waals surface area contributed by atoms with Gasteiger partial charge in [0, 0.05) is 58.5 Å². The van der Waals surface area contributed by atoms with Gasteiger partial charge in [-0.2, -0.15) is 0 Å². The fourth-order valence-electron chi connectivity index (χ4n) is 4.69. The van der Waals surface area contributed by atoms with Crippen LogP contribution >= 0.6 is 0 Å². The van der Waals surface area contributed by atoms with Crippen molar-refractivity contribution >= 4 is 17.8 Å². The minimum absolute atomic E-state index is 0.154. The Bertz CT molecular complexity index is 746. The lowest BCUT2D eigenvalue weighted by molar-refractivity contribution is -0.127. The number of likely N-dealkylation sites (tertiary alicyclic amines) is 1. The first-order chi connectivity index (χ1) is 15.6. The van der Waals surface area contributed by atoms with Gasteiger partial charge in [-0.25, -0.2) is 0 Å². The summed E-state index contributed by atoms with van der Waals surface area (Å²) in [5.41, 5.74) is 1.26. The minimum Gasteiger partial charge on any atom is -0.356 e. The topological polar surface area (TPSA) is 85.8 Å². The number of carbonyl (C=O) groups excluding carboxylic acids is 2. The van der Waals surface area contributed by atoms with Gasteiger partial charge in [0.25, 0.3) is 0 Å². The van der Waals surface area contributed by atoms with Crippen molar-refractivity contribution in [3.8, 4) is 0 Å². The second-order valence-electron chi connectivity index (χ2n) is 9.08. The first-order valence-corrected chi connectivity index (χ1v) is 12.2. The van der Waals surface area contributed by atoms with Crippen LogP contribution in [0.25, 0.3) is 0 Å². The van der Waals surface area contributed by atoms with Crippen LogP contribution in [0, 0.1) is 11.8 Å². The summed E-state index contributed by atoms with van der Waals surface area (Å²) in [5, 5.41) is 9.58. The number of aliphatic imine (C=N–C) groups is 1. The van der Waals surface area contributed by atoms with Crippen molar-refractivity contribution in [1.82, 2.24) is 20.9 Å². The van der Waals surface area contributed by atoms with Gasteiger partial charge >= 0.3 is 0 Å². The van der Waals surface area contributed by atoms with Crippen molar-refractivity contribution < 1.29 is 9.59 Å². The van der Waals surface area contributed by atoms with Gasteiger partial charge in [-0.3, -0.25) is 14.6 Å². The lowest BCUT2D eigenvalue weighted by atomic mass is 9.87. The molecule has 0 spiro atoms. The molecule has 1 aliphatic carbocycles. The fraction of sp³-hybridized carbons (Fsp3) is 0.640. The monoisotopic (exact) mass is 441 g/mol. The molecule has 7 nitrogen and oxygen atoms in total. The Hall–Kier alpha value is -2.57. The molecule has 1 saturated carbocycles. The van der Waals surface area contributed by atoms with E-state index in [0.717, 1.165) is 19.5 Å². The Morgan fingerprint density at radius 1 is 1.03 bits per heavy atom. The number of hydrogen-bond donors (Lipinski definition) is 3. The highest BCUT2D eigenvalue weighted by molar-refractivity contribution is 5.81. The highest BCUT2D eigenvalue weighted by Crippen LogP contribution is 2.26. The first kappa shape index (κ1) is 24.1. The maximum Gasteiger partial charge on any atom is 0.223 e. The van der Waals surface area contributed by atoms with Crippen LogP contribution in [-0.2, 0) is 16.0 Å². The van der Waals surface area contributed by atoms with Gasteiger partial charge < -0.3 is 20.9 Å². The Morgan fingerprint density at radius 3 is 2.53 bits per heavy atom. The van der Waals surface area contributed by atoms with E-state index in [-0.39, 0.29) is 17.7 Å². The molecule has 1 heterocycles. The third-order valence-electron chi connectivity index (χ3n) is 6.53. The van der Waals surface area contributed by atoms with Crippen molar-refractivity contribution in [2.24, 2.45) is 16.8 Å². The number of amides is 2. The molecule has 32 heavy (non-hydrogen) atoms. The largest absolute Gasteiger partial charge is 0.356 e. The predicted molar refractivity (Wildman–Crippen MR) is 128 cm³/mol. The Morgan fingerprint density at radius 2 is 1.78 bits per heavy atom. The van der Waals surface area contributed by atoms with Gasteiger partial charge in [0.1, 0.15) is 0 Å². The summed E-state index contributed by atoms with van der Waals surface area (Å²) in [7, 11) is 1.74. The van der Waals surface area contributed by atoms with E-state index in [9.17, 15) is 9.59 Å². The minimum atomic E-state index is 0.154. The molecule has 1 aromatic rings. The van der Waals surface area contributed by atoms with Gasteiger partial charge in [-0.1, -0.05) is 49.6 Å². The molecule has 1 atom stereocenters. The van der Waals surface area contributed by atoms with Gasteiger partial charge in [-0.15, -0.1) is 0 Å². The number of carbonyl (C=O) groups is 2. The summed E-state index contributed by atoms with van der Waals surface area (Å²) in [6, 6.07) is 10.3. The van der Waals surface area contributed by atoms with E-state index in [1.54, 1.807) is 7.05 Å². The van der Waals surface area contributed by atoms with E-state index in [2.05, 4.69) is 33.1 Å². The molecule has 3 N–H and O–H groups in total. The maximum absolute atomic E-state index is 12.3. The van der Waals surface area contributed by atoms with Crippen LogP contribution < -0.4 is 16.0 Å². The van der Waals surface area contributed by atoms with Crippen molar-refractivity contribution in [1.29, 1.82) is 0 Å². The molecule has 1 aromatic carbocycles. The van der Waals surface area contributed by atoms with Gasteiger partial charge in [0.2, 0.25) is 11.8 Å². The molecule has 0 bridgehead atoms. The third kappa shape index (κ3) is 8.17. The summed E-state index contributed by atoms with van der Waals surface area (Å²) in [5.74, 6) is 1.94. The van der Waals surface area contributed by atoms with Crippen LogP contribution in [0.2, 0.25) is 0 Å². The number of nitrogens with one attached hydrogen (secondary N) is 3. The maximum atomic E-state index is 12.3. The normalized spacial score (nSPS) is 19.8. The van der Waals surface area contributed by atoms with Crippen LogP contribution in [-0.4, -0.2) is 62.4 Å². The summed E-state index contributed by atoms with van der Waals surface area (Å²) >= 11 is 0. The molecule has 2 amide bonds. The molecule has 2 aliphatic rings. The molecule has 0 radical (unpaired) electrons. The molecule has 7 heteroatoms.